The summed E-state index contributed by atoms with van der Waals surface area (Å²) in [4.78, 5) is 0. The number of hydrogen-bond donors (Lipinski definition) is 0. The molecule has 0 aromatic rings. The van der Waals surface area contributed by atoms with Gasteiger partial charge < -0.3 is 0 Å². The molecule has 0 saturated heterocycles. The van der Waals surface area contributed by atoms with Crippen molar-refractivity contribution in [3.05, 3.63) is 0 Å². The van der Waals surface area contributed by atoms with Crippen LogP contribution in [0.1, 0.15) is 26.2 Å². The number of alkyl halides is 1. The highest BCUT2D eigenvalue weighted by Gasteiger charge is 2.62. The second-order valence-electron chi connectivity index (χ2n) is 4.59. The van der Waals surface area contributed by atoms with Crippen molar-refractivity contribution in [1.29, 1.82) is 0 Å². The van der Waals surface area contributed by atoms with Crippen LogP contribution in [0.3, 0.4) is 0 Å². The van der Waals surface area contributed by atoms with Crippen LogP contribution in [-0.4, -0.2) is 24.2 Å². The Bertz CT molecular complexity index is 307. The van der Waals surface area contributed by atoms with Crippen molar-refractivity contribution in [3.63, 3.8) is 0 Å². The molecule has 2 unspecified atom stereocenters. The molecule has 0 heterocycles. The minimum Gasteiger partial charge on any atom is -0.229 e. The van der Waals surface area contributed by atoms with Gasteiger partial charge in [0.05, 0.1) is 5.25 Å². The molecule has 0 N–H and O–H groups in total. The van der Waals surface area contributed by atoms with Gasteiger partial charge in [-0.15, -0.1) is 0 Å². The number of hydrogen-bond acceptors (Lipinski definition) is 2. The first-order valence-corrected chi connectivity index (χ1v) is 7.47. The van der Waals surface area contributed by atoms with Crippen LogP contribution in [0.2, 0.25) is 0 Å². The number of halogens is 1. The third-order valence-electron chi connectivity index (χ3n) is 3.77. The summed E-state index contributed by atoms with van der Waals surface area (Å²) in [5.74, 6) is 0.697. The number of rotatable bonds is 1. The van der Waals surface area contributed by atoms with E-state index in [1.165, 1.54) is 12.7 Å². The molecule has 0 spiro atoms. The molecule has 3 aliphatic carbocycles. The van der Waals surface area contributed by atoms with Crippen molar-refractivity contribution in [2.24, 2.45) is 11.8 Å². The van der Waals surface area contributed by atoms with Crippen LogP contribution < -0.4 is 0 Å². The maximum absolute atomic E-state index is 11.5. The number of fused-ring (bicyclic) bond motifs is 2. The fourth-order valence-electron chi connectivity index (χ4n) is 3.13. The molecule has 2 nitrogen and oxygen atoms in total. The molecule has 3 rings (SSSR count). The van der Waals surface area contributed by atoms with Crippen molar-refractivity contribution >= 4 is 25.8 Å². The predicted molar refractivity (Wildman–Crippen MR) is 56.8 cm³/mol. The topological polar surface area (TPSA) is 34.1 Å². The SMILES string of the molecule is CC1(Br)C2CCCC1C2S(C)(=O)=O. The van der Waals surface area contributed by atoms with E-state index in [1.54, 1.807) is 0 Å². The van der Waals surface area contributed by atoms with Crippen molar-refractivity contribution in [3.8, 4) is 0 Å². The zero-order valence-corrected chi connectivity index (χ0v) is 10.4. The van der Waals surface area contributed by atoms with Crippen LogP contribution in [0.5, 0.6) is 0 Å². The Morgan fingerprint density at radius 2 is 1.77 bits per heavy atom. The maximum atomic E-state index is 11.5. The summed E-state index contributed by atoms with van der Waals surface area (Å²) in [7, 11) is -2.83. The van der Waals surface area contributed by atoms with E-state index >= 15 is 0 Å². The fraction of sp³-hybridized carbons (Fsp3) is 1.00. The summed E-state index contributed by atoms with van der Waals surface area (Å²) in [6.45, 7) is 2.14. The summed E-state index contributed by atoms with van der Waals surface area (Å²) < 4.78 is 23.1. The van der Waals surface area contributed by atoms with Crippen molar-refractivity contribution < 1.29 is 8.42 Å². The lowest BCUT2D eigenvalue weighted by molar-refractivity contribution is 0.0714. The molecule has 0 aromatic carbocycles. The lowest BCUT2D eigenvalue weighted by Gasteiger charge is -2.59. The molecule has 0 aromatic heterocycles. The van der Waals surface area contributed by atoms with Gasteiger partial charge in [0.25, 0.3) is 0 Å². The smallest absolute Gasteiger partial charge is 0.150 e. The van der Waals surface area contributed by atoms with Gasteiger partial charge in [-0.25, -0.2) is 8.42 Å². The molecular weight excluding hydrogens is 252 g/mol. The molecule has 3 aliphatic rings. The summed E-state index contributed by atoms with van der Waals surface area (Å²) in [6, 6.07) is 0. The molecule has 0 radical (unpaired) electrons. The standard InChI is InChI=1S/C9H15BrO2S/c1-9(10)6-4-3-5-7(9)8(6)13(2,11)12/h6-8H,3-5H2,1-2H3. The van der Waals surface area contributed by atoms with Crippen LogP contribution >= 0.6 is 15.9 Å². The molecule has 0 amide bonds. The third kappa shape index (κ3) is 1.29. The lowest BCUT2D eigenvalue weighted by Crippen LogP contribution is -2.65. The fourth-order valence-corrected chi connectivity index (χ4v) is 6.54. The van der Waals surface area contributed by atoms with E-state index in [2.05, 4.69) is 22.9 Å². The second kappa shape index (κ2) is 2.72. The largest absolute Gasteiger partial charge is 0.229 e. The normalized spacial score (nSPS) is 49.9. The van der Waals surface area contributed by atoms with E-state index in [-0.39, 0.29) is 9.57 Å². The molecule has 2 atom stereocenters. The van der Waals surface area contributed by atoms with Gasteiger partial charge >= 0.3 is 0 Å². The average molecular weight is 267 g/mol. The molecule has 76 valence electrons. The van der Waals surface area contributed by atoms with E-state index in [1.807, 2.05) is 0 Å². The Morgan fingerprint density at radius 1 is 1.31 bits per heavy atom. The zero-order chi connectivity index (χ0) is 9.85. The van der Waals surface area contributed by atoms with Crippen LogP contribution in [0.25, 0.3) is 0 Å². The van der Waals surface area contributed by atoms with Gasteiger partial charge in [-0.1, -0.05) is 22.4 Å². The monoisotopic (exact) mass is 266 g/mol. The Morgan fingerprint density at radius 3 is 2.00 bits per heavy atom. The molecule has 13 heavy (non-hydrogen) atoms. The minimum atomic E-state index is -2.83. The lowest BCUT2D eigenvalue weighted by atomic mass is 9.57. The summed E-state index contributed by atoms with van der Waals surface area (Å²) in [5.41, 5.74) is 0. The predicted octanol–water partition coefficient (Wildman–Crippen LogP) is 1.98. The van der Waals surface area contributed by atoms with Crippen molar-refractivity contribution in [2.45, 2.75) is 35.8 Å². The summed E-state index contributed by atoms with van der Waals surface area (Å²) in [5, 5.41) is -0.0642. The van der Waals surface area contributed by atoms with E-state index in [9.17, 15) is 8.42 Å². The summed E-state index contributed by atoms with van der Waals surface area (Å²) in [6.07, 6.45) is 4.71. The van der Waals surface area contributed by atoms with Gasteiger partial charge in [-0.3, -0.25) is 0 Å². The van der Waals surface area contributed by atoms with Crippen LogP contribution in [0.15, 0.2) is 0 Å². The van der Waals surface area contributed by atoms with Gasteiger partial charge in [0, 0.05) is 10.6 Å². The van der Waals surface area contributed by atoms with Crippen LogP contribution in [-0.2, 0) is 9.84 Å². The first-order valence-electron chi connectivity index (χ1n) is 4.73. The average Bonchev–Trinajstić information content (AvgIpc) is 2.01. The van der Waals surface area contributed by atoms with E-state index in [4.69, 9.17) is 0 Å². The second-order valence-corrected chi connectivity index (χ2v) is 8.50. The molecule has 3 fully saturated rings. The minimum absolute atomic E-state index is 0.0642. The highest BCUT2D eigenvalue weighted by atomic mass is 79.9. The highest BCUT2D eigenvalue weighted by molar-refractivity contribution is 9.10. The third-order valence-corrected chi connectivity index (χ3v) is 6.59. The first kappa shape index (κ1) is 9.97. The quantitative estimate of drug-likeness (QED) is 0.681. The maximum Gasteiger partial charge on any atom is 0.150 e. The van der Waals surface area contributed by atoms with Crippen molar-refractivity contribution in [1.82, 2.24) is 0 Å². The summed E-state index contributed by atoms with van der Waals surface area (Å²) >= 11 is 3.68. The zero-order valence-electron chi connectivity index (χ0n) is 7.96. The molecular formula is C9H15BrO2S. The van der Waals surface area contributed by atoms with E-state index in [0.717, 1.165) is 12.8 Å². The van der Waals surface area contributed by atoms with Crippen LogP contribution in [0, 0.1) is 11.8 Å². The van der Waals surface area contributed by atoms with Gasteiger partial charge in [-0.05, 0) is 31.6 Å². The highest BCUT2D eigenvalue weighted by Crippen LogP contribution is 2.60. The molecule has 0 aliphatic heterocycles. The van der Waals surface area contributed by atoms with Gasteiger partial charge in [0.15, 0.2) is 9.84 Å². The molecule has 4 heteroatoms. The molecule has 2 bridgehead atoms. The van der Waals surface area contributed by atoms with Crippen molar-refractivity contribution in [2.75, 3.05) is 6.26 Å². The Labute approximate surface area is 88.1 Å². The van der Waals surface area contributed by atoms with Gasteiger partial charge in [0.1, 0.15) is 0 Å². The van der Waals surface area contributed by atoms with Crippen LogP contribution in [0.4, 0.5) is 0 Å². The number of sulfone groups is 1. The van der Waals surface area contributed by atoms with E-state index < -0.39 is 9.84 Å². The Hall–Kier alpha value is 0.430. The van der Waals surface area contributed by atoms with Gasteiger partial charge in [0.2, 0.25) is 0 Å². The van der Waals surface area contributed by atoms with E-state index in [0.29, 0.717) is 11.8 Å². The first-order chi connectivity index (χ1) is 5.85. The Kier molecular flexibility index (Phi) is 2.09. The van der Waals surface area contributed by atoms with Gasteiger partial charge in [-0.2, -0.15) is 0 Å². The Balaban J connectivity index is 2.30. The molecule has 3 saturated carbocycles.